The summed E-state index contributed by atoms with van der Waals surface area (Å²) < 4.78 is 4.70. The van der Waals surface area contributed by atoms with Gasteiger partial charge in [0.1, 0.15) is 6.04 Å². The summed E-state index contributed by atoms with van der Waals surface area (Å²) in [5, 5.41) is 15.4. The molecule has 4 N–H and O–H groups in total. The van der Waals surface area contributed by atoms with Gasteiger partial charge in [0.2, 0.25) is 5.91 Å². The van der Waals surface area contributed by atoms with Gasteiger partial charge in [-0.1, -0.05) is 0 Å². The summed E-state index contributed by atoms with van der Waals surface area (Å²) in [4.78, 5) is 32.6. The highest BCUT2D eigenvalue weighted by Crippen LogP contribution is 1.79. The van der Waals surface area contributed by atoms with E-state index in [0.717, 1.165) is 0 Å². The Hall–Kier alpha value is -1.67. The van der Waals surface area contributed by atoms with Gasteiger partial charge in [0.05, 0.1) is 13.2 Å². The number of hydrogen-bond donors (Lipinski definition) is 4. The molecule has 0 aliphatic carbocycles. The lowest BCUT2D eigenvalue weighted by Crippen LogP contribution is -2.46. The average Bonchev–Trinajstić information content (AvgIpc) is 2.26. The van der Waals surface area contributed by atoms with E-state index >= 15 is 0 Å². The maximum atomic E-state index is 11.2. The maximum Gasteiger partial charge on any atom is 0.321 e. The Balaban J connectivity index is 3.71. The molecule has 1 unspecified atom stereocenters. The first kappa shape index (κ1) is 15.3. The van der Waals surface area contributed by atoms with Crippen LogP contribution in [-0.4, -0.2) is 55.9 Å². The van der Waals surface area contributed by atoms with Crippen LogP contribution in [0.15, 0.2) is 0 Å². The van der Waals surface area contributed by atoms with Crippen LogP contribution in [0.5, 0.6) is 0 Å². The van der Waals surface area contributed by atoms with Gasteiger partial charge in [-0.25, -0.2) is 4.79 Å². The lowest BCUT2D eigenvalue weighted by molar-refractivity contribution is -0.139. The average molecular weight is 247 g/mol. The van der Waals surface area contributed by atoms with Crippen LogP contribution in [0, 0.1) is 0 Å². The molecule has 0 saturated heterocycles. The minimum atomic E-state index is -1.07. The van der Waals surface area contributed by atoms with E-state index in [1.165, 1.54) is 14.0 Å². The topological polar surface area (TPSA) is 117 Å². The molecule has 0 bridgehead atoms. The van der Waals surface area contributed by atoms with E-state index in [-0.39, 0.29) is 13.1 Å². The van der Waals surface area contributed by atoms with Crippen molar-refractivity contribution in [2.24, 2.45) is 0 Å². The SMILES string of the molecule is COCCNC(=O)NC(=O)CNC(C)C(=O)O. The summed E-state index contributed by atoms with van der Waals surface area (Å²) in [6.07, 6.45) is 0. The van der Waals surface area contributed by atoms with Crippen LogP contribution in [0.4, 0.5) is 4.79 Å². The van der Waals surface area contributed by atoms with E-state index in [9.17, 15) is 14.4 Å². The first-order valence-corrected chi connectivity index (χ1v) is 5.00. The smallest absolute Gasteiger partial charge is 0.321 e. The highest BCUT2D eigenvalue weighted by Gasteiger charge is 2.12. The van der Waals surface area contributed by atoms with Crippen LogP contribution in [-0.2, 0) is 14.3 Å². The Morgan fingerprint density at radius 3 is 2.53 bits per heavy atom. The van der Waals surface area contributed by atoms with Gasteiger partial charge >= 0.3 is 12.0 Å². The Bertz CT molecular complexity index is 282. The fourth-order valence-corrected chi connectivity index (χ4v) is 0.815. The molecule has 0 fully saturated rings. The fourth-order valence-electron chi connectivity index (χ4n) is 0.815. The Kier molecular flexibility index (Phi) is 7.65. The number of methoxy groups -OCH3 is 1. The summed E-state index contributed by atoms with van der Waals surface area (Å²) in [6.45, 7) is 1.78. The second-order valence-electron chi connectivity index (χ2n) is 3.24. The number of carbonyl (C=O) groups is 3. The van der Waals surface area contributed by atoms with Gasteiger partial charge in [0, 0.05) is 13.7 Å². The number of ether oxygens (including phenoxy) is 1. The van der Waals surface area contributed by atoms with Crippen LogP contribution in [0.2, 0.25) is 0 Å². The first-order chi connectivity index (χ1) is 7.97. The Morgan fingerprint density at radius 1 is 1.35 bits per heavy atom. The Labute approximate surface area is 98.7 Å². The van der Waals surface area contributed by atoms with Crippen LogP contribution < -0.4 is 16.0 Å². The lowest BCUT2D eigenvalue weighted by Gasteiger charge is -2.09. The quantitative estimate of drug-likeness (QED) is 0.408. The fraction of sp³-hybridized carbons (Fsp3) is 0.667. The van der Waals surface area contributed by atoms with E-state index in [1.54, 1.807) is 0 Å². The predicted octanol–water partition coefficient (Wildman–Crippen LogP) is -1.48. The molecular weight excluding hydrogens is 230 g/mol. The van der Waals surface area contributed by atoms with Crippen LogP contribution in [0.1, 0.15) is 6.92 Å². The van der Waals surface area contributed by atoms with Crippen molar-refractivity contribution in [1.29, 1.82) is 0 Å². The largest absolute Gasteiger partial charge is 0.480 e. The third kappa shape index (κ3) is 8.17. The van der Waals surface area contributed by atoms with E-state index < -0.39 is 23.9 Å². The van der Waals surface area contributed by atoms with Crippen molar-refractivity contribution >= 4 is 17.9 Å². The van der Waals surface area contributed by atoms with Gasteiger partial charge < -0.3 is 15.2 Å². The van der Waals surface area contributed by atoms with Gasteiger partial charge in [-0.3, -0.25) is 20.2 Å². The highest BCUT2D eigenvalue weighted by molar-refractivity contribution is 5.95. The number of rotatable bonds is 7. The van der Waals surface area contributed by atoms with Gasteiger partial charge in [-0.05, 0) is 6.92 Å². The molecule has 0 spiro atoms. The summed E-state index contributed by atoms with van der Waals surface area (Å²) in [5.41, 5.74) is 0. The number of carboxylic acid groups (broad SMARTS) is 1. The van der Waals surface area contributed by atoms with Crippen molar-refractivity contribution in [3.63, 3.8) is 0 Å². The molecule has 0 radical (unpaired) electrons. The van der Waals surface area contributed by atoms with Crippen molar-refractivity contribution in [3.05, 3.63) is 0 Å². The molecular formula is C9H17N3O5. The number of nitrogens with one attached hydrogen (secondary N) is 3. The zero-order valence-corrected chi connectivity index (χ0v) is 9.78. The van der Waals surface area contributed by atoms with Gasteiger partial charge in [0.25, 0.3) is 0 Å². The molecule has 8 nitrogen and oxygen atoms in total. The number of urea groups is 1. The number of amides is 3. The van der Waals surface area contributed by atoms with Crippen molar-refractivity contribution in [2.75, 3.05) is 26.8 Å². The zero-order valence-electron chi connectivity index (χ0n) is 9.78. The Morgan fingerprint density at radius 2 is 2.00 bits per heavy atom. The summed E-state index contributed by atoms with van der Waals surface area (Å²) >= 11 is 0. The predicted molar refractivity (Wildman–Crippen MR) is 58.5 cm³/mol. The lowest BCUT2D eigenvalue weighted by atomic mass is 10.3. The summed E-state index contributed by atoms with van der Waals surface area (Å²) in [5.74, 6) is -1.67. The van der Waals surface area contributed by atoms with Crippen LogP contribution >= 0.6 is 0 Å². The molecule has 3 amide bonds. The molecule has 17 heavy (non-hydrogen) atoms. The minimum absolute atomic E-state index is 0.245. The monoisotopic (exact) mass is 247 g/mol. The standard InChI is InChI=1S/C9H17N3O5/c1-6(8(14)15)11-5-7(13)12-9(16)10-3-4-17-2/h6,11H,3-5H2,1-2H3,(H,14,15)(H2,10,12,13,16). The number of aliphatic carboxylic acids is 1. The van der Waals surface area contributed by atoms with Gasteiger partial charge in [-0.15, -0.1) is 0 Å². The highest BCUT2D eigenvalue weighted by atomic mass is 16.5. The molecule has 1 atom stereocenters. The molecule has 8 heteroatoms. The normalized spacial score (nSPS) is 11.6. The number of carboxylic acids is 1. The minimum Gasteiger partial charge on any atom is -0.480 e. The van der Waals surface area contributed by atoms with E-state index in [4.69, 9.17) is 9.84 Å². The molecule has 0 heterocycles. The second-order valence-corrected chi connectivity index (χ2v) is 3.24. The molecule has 0 aliphatic heterocycles. The maximum absolute atomic E-state index is 11.2. The van der Waals surface area contributed by atoms with Crippen molar-refractivity contribution in [1.82, 2.24) is 16.0 Å². The number of imide groups is 1. The van der Waals surface area contributed by atoms with E-state index in [2.05, 4.69) is 10.6 Å². The molecule has 0 aromatic rings. The van der Waals surface area contributed by atoms with Gasteiger partial charge in [-0.2, -0.15) is 0 Å². The molecule has 0 rings (SSSR count). The zero-order chi connectivity index (χ0) is 13.3. The third-order valence-corrected chi connectivity index (χ3v) is 1.78. The van der Waals surface area contributed by atoms with Gasteiger partial charge in [0.15, 0.2) is 0 Å². The first-order valence-electron chi connectivity index (χ1n) is 5.00. The molecule has 0 aliphatic rings. The molecule has 0 saturated carbocycles. The number of carbonyl (C=O) groups excluding carboxylic acids is 2. The second kappa shape index (κ2) is 8.48. The van der Waals surface area contributed by atoms with Crippen molar-refractivity contribution in [2.45, 2.75) is 13.0 Å². The molecule has 98 valence electrons. The number of hydrogen-bond acceptors (Lipinski definition) is 5. The van der Waals surface area contributed by atoms with Crippen LogP contribution in [0.3, 0.4) is 0 Å². The van der Waals surface area contributed by atoms with Crippen molar-refractivity contribution in [3.8, 4) is 0 Å². The summed E-state index contributed by atoms with van der Waals surface area (Å²) in [6, 6.07) is -1.49. The van der Waals surface area contributed by atoms with Crippen LogP contribution in [0.25, 0.3) is 0 Å². The van der Waals surface area contributed by atoms with E-state index in [0.29, 0.717) is 6.61 Å². The van der Waals surface area contributed by atoms with Crippen molar-refractivity contribution < 1.29 is 24.2 Å². The molecule has 0 aromatic heterocycles. The molecule has 0 aromatic carbocycles. The summed E-state index contributed by atoms with van der Waals surface area (Å²) in [7, 11) is 1.49. The third-order valence-electron chi connectivity index (χ3n) is 1.78. The van der Waals surface area contributed by atoms with E-state index in [1.807, 2.05) is 5.32 Å².